The summed E-state index contributed by atoms with van der Waals surface area (Å²) in [7, 11) is 3.49. The van der Waals surface area contributed by atoms with Crippen molar-refractivity contribution in [1.82, 2.24) is 20.4 Å². The molecule has 6 heteroatoms. The van der Waals surface area contributed by atoms with Gasteiger partial charge in [0, 0.05) is 24.3 Å². The fourth-order valence-electron chi connectivity index (χ4n) is 2.80. The number of rotatable bonds is 7. The zero-order chi connectivity index (χ0) is 20.1. The van der Waals surface area contributed by atoms with Gasteiger partial charge in [0.05, 0.1) is 18.4 Å². The van der Waals surface area contributed by atoms with Crippen LogP contribution < -0.4 is 15.4 Å². The van der Waals surface area contributed by atoms with Gasteiger partial charge in [-0.05, 0) is 45.2 Å². The van der Waals surface area contributed by atoms with Gasteiger partial charge in [-0.3, -0.25) is 4.79 Å². The maximum absolute atomic E-state index is 12.9. The molecule has 0 aliphatic rings. The molecular weight excluding hydrogens is 352 g/mol. The van der Waals surface area contributed by atoms with Crippen LogP contribution in [-0.2, 0) is 0 Å². The standard InChI is InChI=1S/C22H26N4O2/c1-15-8-10-18(11-9-15)26-14-20(22(27)24-13-16(2)23-3)21(25-26)17-6-5-7-19(12-17)28-4/h5-12,14,16,23H,13H2,1-4H3,(H,24,27). The number of likely N-dealkylation sites (N-methyl/N-ethyl adjacent to an activating group) is 1. The predicted octanol–water partition coefficient (Wildman–Crippen LogP) is 3.19. The van der Waals surface area contributed by atoms with Crippen molar-refractivity contribution in [3.05, 3.63) is 65.9 Å². The van der Waals surface area contributed by atoms with Gasteiger partial charge in [0.25, 0.3) is 5.91 Å². The Morgan fingerprint density at radius 3 is 2.64 bits per heavy atom. The number of nitrogens with zero attached hydrogens (tertiary/aromatic N) is 2. The number of carbonyl (C=O) groups excluding carboxylic acids is 1. The number of nitrogens with one attached hydrogen (secondary N) is 2. The van der Waals surface area contributed by atoms with Crippen molar-refractivity contribution >= 4 is 5.91 Å². The summed E-state index contributed by atoms with van der Waals surface area (Å²) in [6.45, 7) is 4.58. The molecule has 0 spiro atoms. The summed E-state index contributed by atoms with van der Waals surface area (Å²) in [5, 5.41) is 10.8. The van der Waals surface area contributed by atoms with E-state index in [1.165, 1.54) is 5.56 Å². The predicted molar refractivity (Wildman–Crippen MR) is 111 cm³/mol. The van der Waals surface area contributed by atoms with Crippen LogP contribution in [-0.4, -0.2) is 42.4 Å². The van der Waals surface area contributed by atoms with Crippen molar-refractivity contribution < 1.29 is 9.53 Å². The fourth-order valence-corrected chi connectivity index (χ4v) is 2.80. The third-order valence-corrected chi connectivity index (χ3v) is 4.66. The summed E-state index contributed by atoms with van der Waals surface area (Å²) in [5.74, 6) is 0.566. The van der Waals surface area contributed by atoms with E-state index in [0.717, 1.165) is 17.0 Å². The molecule has 0 aliphatic heterocycles. The van der Waals surface area contributed by atoms with E-state index >= 15 is 0 Å². The molecule has 6 nitrogen and oxygen atoms in total. The van der Waals surface area contributed by atoms with E-state index < -0.39 is 0 Å². The fraction of sp³-hybridized carbons (Fsp3) is 0.273. The number of hydrogen-bond acceptors (Lipinski definition) is 4. The van der Waals surface area contributed by atoms with E-state index in [2.05, 4.69) is 10.6 Å². The van der Waals surface area contributed by atoms with Crippen molar-refractivity contribution in [3.8, 4) is 22.7 Å². The number of methoxy groups -OCH3 is 1. The van der Waals surface area contributed by atoms with Crippen LogP contribution in [0.15, 0.2) is 54.7 Å². The first kappa shape index (κ1) is 19.6. The van der Waals surface area contributed by atoms with Crippen LogP contribution in [0.3, 0.4) is 0 Å². The van der Waals surface area contributed by atoms with E-state index in [-0.39, 0.29) is 11.9 Å². The van der Waals surface area contributed by atoms with E-state index in [1.807, 2.05) is 69.4 Å². The molecule has 1 heterocycles. The number of hydrogen-bond donors (Lipinski definition) is 2. The molecule has 1 aromatic heterocycles. The molecule has 2 aromatic carbocycles. The van der Waals surface area contributed by atoms with Crippen molar-refractivity contribution in [2.45, 2.75) is 19.9 Å². The highest BCUT2D eigenvalue weighted by Gasteiger charge is 2.19. The van der Waals surface area contributed by atoms with Gasteiger partial charge in [0.15, 0.2) is 0 Å². The number of aromatic nitrogens is 2. The Hall–Kier alpha value is -3.12. The van der Waals surface area contributed by atoms with E-state index in [1.54, 1.807) is 18.0 Å². The number of amides is 1. The Morgan fingerprint density at radius 1 is 1.21 bits per heavy atom. The molecule has 3 rings (SSSR count). The highest BCUT2D eigenvalue weighted by atomic mass is 16.5. The number of carbonyl (C=O) groups is 1. The van der Waals surface area contributed by atoms with Crippen LogP contribution in [0.4, 0.5) is 0 Å². The maximum atomic E-state index is 12.9. The lowest BCUT2D eigenvalue weighted by molar-refractivity contribution is 0.0951. The Kier molecular flexibility index (Phi) is 6.11. The number of ether oxygens (including phenoxy) is 1. The summed E-state index contributed by atoms with van der Waals surface area (Å²) in [6, 6.07) is 15.8. The minimum absolute atomic E-state index is 0.154. The molecule has 1 atom stereocenters. The van der Waals surface area contributed by atoms with Crippen molar-refractivity contribution in [2.24, 2.45) is 0 Å². The molecule has 0 bridgehead atoms. The molecule has 0 saturated heterocycles. The van der Waals surface area contributed by atoms with E-state index in [0.29, 0.717) is 17.8 Å². The van der Waals surface area contributed by atoms with Gasteiger partial charge in [-0.25, -0.2) is 4.68 Å². The summed E-state index contributed by atoms with van der Waals surface area (Å²) in [5.41, 5.74) is 4.04. The third kappa shape index (κ3) is 4.40. The van der Waals surface area contributed by atoms with E-state index in [4.69, 9.17) is 9.84 Å². The smallest absolute Gasteiger partial charge is 0.255 e. The van der Waals surface area contributed by atoms with Crippen LogP contribution in [0.25, 0.3) is 16.9 Å². The SMILES string of the molecule is CNC(C)CNC(=O)c1cn(-c2ccc(C)cc2)nc1-c1cccc(OC)c1. The highest BCUT2D eigenvalue weighted by molar-refractivity contribution is 6.00. The lowest BCUT2D eigenvalue weighted by Gasteiger charge is -2.11. The molecule has 0 saturated carbocycles. The minimum Gasteiger partial charge on any atom is -0.497 e. The second-order valence-corrected chi connectivity index (χ2v) is 6.80. The summed E-state index contributed by atoms with van der Waals surface area (Å²) in [4.78, 5) is 12.9. The second-order valence-electron chi connectivity index (χ2n) is 6.80. The Morgan fingerprint density at radius 2 is 1.96 bits per heavy atom. The molecule has 0 aliphatic carbocycles. The second kappa shape index (κ2) is 8.71. The molecule has 1 unspecified atom stereocenters. The van der Waals surface area contributed by atoms with Crippen LogP contribution >= 0.6 is 0 Å². The zero-order valence-corrected chi connectivity index (χ0v) is 16.7. The highest BCUT2D eigenvalue weighted by Crippen LogP contribution is 2.27. The minimum atomic E-state index is -0.154. The monoisotopic (exact) mass is 378 g/mol. The molecule has 2 N–H and O–H groups in total. The molecule has 28 heavy (non-hydrogen) atoms. The Bertz CT molecular complexity index is 947. The first-order valence-electron chi connectivity index (χ1n) is 9.28. The van der Waals surface area contributed by atoms with Crippen molar-refractivity contribution in [3.63, 3.8) is 0 Å². The normalized spacial score (nSPS) is 11.9. The quantitative estimate of drug-likeness (QED) is 0.663. The molecule has 3 aromatic rings. The van der Waals surface area contributed by atoms with Gasteiger partial charge in [0.2, 0.25) is 0 Å². The van der Waals surface area contributed by atoms with Crippen LogP contribution in [0, 0.1) is 6.92 Å². The van der Waals surface area contributed by atoms with E-state index in [9.17, 15) is 4.79 Å². The van der Waals surface area contributed by atoms with Crippen LogP contribution in [0.1, 0.15) is 22.8 Å². The molecule has 0 fully saturated rings. The average Bonchev–Trinajstić information content (AvgIpc) is 3.17. The molecular formula is C22H26N4O2. The zero-order valence-electron chi connectivity index (χ0n) is 16.7. The van der Waals surface area contributed by atoms with Crippen molar-refractivity contribution in [1.29, 1.82) is 0 Å². The van der Waals surface area contributed by atoms with Crippen molar-refractivity contribution in [2.75, 3.05) is 20.7 Å². The Balaban J connectivity index is 2.02. The first-order valence-corrected chi connectivity index (χ1v) is 9.28. The molecule has 0 radical (unpaired) electrons. The Labute approximate surface area is 165 Å². The molecule has 1 amide bonds. The third-order valence-electron chi connectivity index (χ3n) is 4.66. The number of aryl methyl sites for hydroxylation is 1. The van der Waals surface area contributed by atoms with Gasteiger partial charge in [-0.15, -0.1) is 0 Å². The number of benzene rings is 2. The largest absolute Gasteiger partial charge is 0.497 e. The van der Waals surface area contributed by atoms with Gasteiger partial charge in [-0.1, -0.05) is 29.8 Å². The van der Waals surface area contributed by atoms with Gasteiger partial charge in [-0.2, -0.15) is 5.10 Å². The summed E-state index contributed by atoms with van der Waals surface area (Å²) in [6.07, 6.45) is 1.78. The van der Waals surface area contributed by atoms with Crippen LogP contribution in [0.5, 0.6) is 5.75 Å². The van der Waals surface area contributed by atoms with Gasteiger partial charge in [0.1, 0.15) is 11.4 Å². The topological polar surface area (TPSA) is 68.2 Å². The lowest BCUT2D eigenvalue weighted by Crippen LogP contribution is -2.37. The van der Waals surface area contributed by atoms with Gasteiger partial charge < -0.3 is 15.4 Å². The molecule has 146 valence electrons. The average molecular weight is 378 g/mol. The summed E-state index contributed by atoms with van der Waals surface area (Å²) < 4.78 is 7.07. The lowest BCUT2D eigenvalue weighted by atomic mass is 10.1. The maximum Gasteiger partial charge on any atom is 0.255 e. The van der Waals surface area contributed by atoms with Crippen LogP contribution in [0.2, 0.25) is 0 Å². The first-order chi connectivity index (χ1) is 13.5. The summed E-state index contributed by atoms with van der Waals surface area (Å²) >= 11 is 0. The van der Waals surface area contributed by atoms with Gasteiger partial charge >= 0.3 is 0 Å².